The SMILES string of the molecule is Cc1cc(OCCCC(=O)NCC(=O)O)ccc1C(C)C. The molecule has 0 aliphatic carbocycles. The van der Waals surface area contributed by atoms with Gasteiger partial charge < -0.3 is 15.2 Å². The number of benzene rings is 1. The van der Waals surface area contributed by atoms with Gasteiger partial charge in [-0.15, -0.1) is 0 Å². The van der Waals surface area contributed by atoms with Gasteiger partial charge in [0.05, 0.1) is 6.61 Å². The first-order valence-electron chi connectivity index (χ1n) is 7.12. The van der Waals surface area contributed by atoms with Crippen LogP contribution in [0.1, 0.15) is 43.7 Å². The lowest BCUT2D eigenvalue weighted by atomic mass is 9.98. The highest BCUT2D eigenvalue weighted by Gasteiger charge is 2.06. The van der Waals surface area contributed by atoms with Gasteiger partial charge in [0, 0.05) is 6.42 Å². The van der Waals surface area contributed by atoms with E-state index in [1.54, 1.807) is 0 Å². The minimum Gasteiger partial charge on any atom is -0.494 e. The van der Waals surface area contributed by atoms with E-state index in [1.165, 1.54) is 11.1 Å². The standard InChI is InChI=1S/C16H23NO4/c1-11(2)14-7-6-13(9-12(14)3)21-8-4-5-15(18)17-10-16(19)20/h6-7,9,11H,4-5,8,10H2,1-3H3,(H,17,18)(H,19,20). The zero-order valence-electron chi connectivity index (χ0n) is 12.8. The molecule has 2 N–H and O–H groups in total. The van der Waals surface area contributed by atoms with Crippen LogP contribution in [0.2, 0.25) is 0 Å². The number of nitrogens with one attached hydrogen (secondary N) is 1. The number of aliphatic carboxylic acids is 1. The molecular formula is C16H23NO4. The Morgan fingerprint density at radius 1 is 1.33 bits per heavy atom. The summed E-state index contributed by atoms with van der Waals surface area (Å²) in [5.41, 5.74) is 2.50. The molecule has 1 amide bonds. The Balaban J connectivity index is 2.31. The fraction of sp³-hybridized carbons (Fsp3) is 0.500. The van der Waals surface area contributed by atoms with Gasteiger partial charge >= 0.3 is 5.97 Å². The average molecular weight is 293 g/mol. The van der Waals surface area contributed by atoms with E-state index in [-0.39, 0.29) is 18.9 Å². The third kappa shape index (κ3) is 6.29. The zero-order valence-corrected chi connectivity index (χ0v) is 12.8. The molecule has 0 bridgehead atoms. The third-order valence-electron chi connectivity index (χ3n) is 3.12. The summed E-state index contributed by atoms with van der Waals surface area (Å²) < 4.78 is 5.60. The maximum Gasteiger partial charge on any atom is 0.322 e. The Morgan fingerprint density at radius 3 is 2.62 bits per heavy atom. The summed E-state index contributed by atoms with van der Waals surface area (Å²) in [6.45, 7) is 6.45. The van der Waals surface area contributed by atoms with Crippen molar-refractivity contribution < 1.29 is 19.4 Å². The summed E-state index contributed by atoms with van der Waals surface area (Å²) in [6, 6.07) is 6.00. The number of carbonyl (C=O) groups excluding carboxylic acids is 1. The molecule has 5 nitrogen and oxygen atoms in total. The van der Waals surface area contributed by atoms with Crippen LogP contribution >= 0.6 is 0 Å². The lowest BCUT2D eigenvalue weighted by molar-refractivity contribution is -0.137. The van der Waals surface area contributed by atoms with Crippen molar-refractivity contribution in [3.63, 3.8) is 0 Å². The summed E-state index contributed by atoms with van der Waals surface area (Å²) >= 11 is 0. The van der Waals surface area contributed by atoms with Gasteiger partial charge in [-0.25, -0.2) is 0 Å². The van der Waals surface area contributed by atoms with Crippen LogP contribution in [-0.4, -0.2) is 30.1 Å². The molecule has 21 heavy (non-hydrogen) atoms. The smallest absolute Gasteiger partial charge is 0.322 e. The molecule has 1 aromatic carbocycles. The molecule has 0 aliphatic heterocycles. The maximum atomic E-state index is 11.3. The van der Waals surface area contributed by atoms with Crippen LogP contribution in [0.4, 0.5) is 0 Å². The molecule has 1 rings (SSSR count). The number of amides is 1. The summed E-state index contributed by atoms with van der Waals surface area (Å²) in [5.74, 6) is -0.0347. The summed E-state index contributed by atoms with van der Waals surface area (Å²) in [5, 5.41) is 10.7. The number of aryl methyl sites for hydroxylation is 1. The quantitative estimate of drug-likeness (QED) is 0.722. The van der Waals surface area contributed by atoms with Crippen molar-refractivity contribution in [2.45, 2.75) is 39.5 Å². The highest BCUT2D eigenvalue weighted by molar-refractivity contribution is 5.80. The van der Waals surface area contributed by atoms with Crippen LogP contribution in [0.5, 0.6) is 5.75 Å². The lowest BCUT2D eigenvalue weighted by Crippen LogP contribution is -2.29. The van der Waals surface area contributed by atoms with Gasteiger partial charge in [0.25, 0.3) is 0 Å². The number of carboxylic acid groups (broad SMARTS) is 1. The number of carboxylic acids is 1. The first-order valence-corrected chi connectivity index (χ1v) is 7.12. The van der Waals surface area contributed by atoms with Crippen LogP contribution in [-0.2, 0) is 9.59 Å². The van der Waals surface area contributed by atoms with Crippen LogP contribution in [0.3, 0.4) is 0 Å². The van der Waals surface area contributed by atoms with E-state index in [0.29, 0.717) is 18.9 Å². The van der Waals surface area contributed by atoms with Crippen molar-refractivity contribution >= 4 is 11.9 Å². The number of rotatable bonds is 8. The number of ether oxygens (including phenoxy) is 1. The van der Waals surface area contributed by atoms with Crippen molar-refractivity contribution in [3.8, 4) is 5.75 Å². The van der Waals surface area contributed by atoms with E-state index < -0.39 is 5.97 Å². The van der Waals surface area contributed by atoms with Crippen LogP contribution in [0, 0.1) is 6.92 Å². The van der Waals surface area contributed by atoms with Gasteiger partial charge in [0.1, 0.15) is 12.3 Å². The Labute approximate surface area is 125 Å². The van der Waals surface area contributed by atoms with E-state index in [1.807, 2.05) is 12.1 Å². The number of hydrogen-bond acceptors (Lipinski definition) is 3. The van der Waals surface area contributed by atoms with Gasteiger partial charge in [-0.3, -0.25) is 9.59 Å². The van der Waals surface area contributed by atoms with Crippen molar-refractivity contribution in [2.75, 3.05) is 13.2 Å². The normalized spacial score (nSPS) is 10.5. The summed E-state index contributed by atoms with van der Waals surface area (Å²) in [7, 11) is 0. The van der Waals surface area contributed by atoms with Crippen molar-refractivity contribution in [1.82, 2.24) is 5.32 Å². The minimum atomic E-state index is -1.04. The third-order valence-corrected chi connectivity index (χ3v) is 3.12. The molecule has 0 saturated heterocycles. The predicted octanol–water partition coefficient (Wildman–Crippen LogP) is 2.48. The maximum absolute atomic E-state index is 11.3. The van der Waals surface area contributed by atoms with Crippen molar-refractivity contribution in [3.05, 3.63) is 29.3 Å². The monoisotopic (exact) mass is 293 g/mol. The second-order valence-corrected chi connectivity index (χ2v) is 5.30. The molecule has 0 atom stereocenters. The first kappa shape index (κ1) is 17.0. The molecule has 116 valence electrons. The number of carbonyl (C=O) groups is 2. The van der Waals surface area contributed by atoms with Crippen LogP contribution in [0.25, 0.3) is 0 Å². The van der Waals surface area contributed by atoms with E-state index in [4.69, 9.17) is 9.84 Å². The molecule has 0 aliphatic rings. The molecule has 1 aromatic rings. The topological polar surface area (TPSA) is 75.6 Å². The van der Waals surface area contributed by atoms with Crippen molar-refractivity contribution in [2.24, 2.45) is 0 Å². The second-order valence-electron chi connectivity index (χ2n) is 5.30. The van der Waals surface area contributed by atoms with E-state index in [9.17, 15) is 9.59 Å². The number of hydrogen-bond donors (Lipinski definition) is 2. The Bertz CT molecular complexity index is 497. The van der Waals surface area contributed by atoms with Gasteiger partial charge in [-0.1, -0.05) is 19.9 Å². The largest absolute Gasteiger partial charge is 0.494 e. The predicted molar refractivity (Wildman–Crippen MR) is 80.6 cm³/mol. The molecule has 0 aromatic heterocycles. The Hall–Kier alpha value is -2.04. The zero-order chi connectivity index (χ0) is 15.8. The fourth-order valence-corrected chi connectivity index (χ4v) is 2.07. The highest BCUT2D eigenvalue weighted by atomic mass is 16.5. The Morgan fingerprint density at radius 2 is 2.05 bits per heavy atom. The van der Waals surface area contributed by atoms with E-state index >= 15 is 0 Å². The summed E-state index contributed by atoms with van der Waals surface area (Å²) in [4.78, 5) is 21.6. The van der Waals surface area contributed by atoms with Gasteiger partial charge in [-0.2, -0.15) is 0 Å². The van der Waals surface area contributed by atoms with E-state index in [2.05, 4.69) is 32.2 Å². The van der Waals surface area contributed by atoms with E-state index in [0.717, 1.165) is 5.75 Å². The molecule has 0 radical (unpaired) electrons. The fourth-order valence-electron chi connectivity index (χ4n) is 2.07. The van der Waals surface area contributed by atoms with Gasteiger partial charge in [0.2, 0.25) is 5.91 Å². The highest BCUT2D eigenvalue weighted by Crippen LogP contribution is 2.23. The molecular weight excluding hydrogens is 270 g/mol. The summed E-state index contributed by atoms with van der Waals surface area (Å²) in [6.07, 6.45) is 0.812. The first-order chi connectivity index (χ1) is 9.90. The molecule has 0 unspecified atom stereocenters. The van der Waals surface area contributed by atoms with Crippen LogP contribution in [0.15, 0.2) is 18.2 Å². The van der Waals surface area contributed by atoms with Crippen LogP contribution < -0.4 is 10.1 Å². The molecule has 0 spiro atoms. The lowest BCUT2D eigenvalue weighted by Gasteiger charge is -2.12. The van der Waals surface area contributed by atoms with Gasteiger partial charge in [0.15, 0.2) is 0 Å². The molecule has 0 fully saturated rings. The molecule has 0 saturated carbocycles. The minimum absolute atomic E-state index is 0.260. The van der Waals surface area contributed by atoms with Gasteiger partial charge in [-0.05, 0) is 42.5 Å². The Kier molecular flexibility index (Phi) is 6.72. The molecule has 0 heterocycles. The average Bonchev–Trinajstić information content (AvgIpc) is 2.41. The molecule has 5 heteroatoms. The second kappa shape index (κ2) is 8.29. The van der Waals surface area contributed by atoms with Crippen molar-refractivity contribution in [1.29, 1.82) is 0 Å².